The van der Waals surface area contributed by atoms with Gasteiger partial charge in [-0.3, -0.25) is 4.79 Å². The monoisotopic (exact) mass is 398 g/mol. The summed E-state index contributed by atoms with van der Waals surface area (Å²) in [7, 11) is 0. The first-order chi connectivity index (χ1) is 13.8. The van der Waals surface area contributed by atoms with Gasteiger partial charge in [0.15, 0.2) is 0 Å². The molecule has 6 heteroatoms. The number of rotatable bonds is 4. The molecule has 0 saturated carbocycles. The first kappa shape index (κ1) is 19.5. The normalized spacial score (nSPS) is 15.7. The highest BCUT2D eigenvalue weighted by atomic mass is 19.4. The van der Waals surface area contributed by atoms with Crippen molar-refractivity contribution >= 4 is 16.7 Å². The quantitative estimate of drug-likeness (QED) is 0.659. The number of alkyl halides is 3. The Morgan fingerprint density at radius 1 is 1.07 bits per heavy atom. The van der Waals surface area contributed by atoms with Crippen molar-refractivity contribution in [3.8, 4) is 11.1 Å². The number of carbonyl (C=O) groups excluding carboxylic acids is 1. The maximum Gasteiger partial charge on any atom is 0.416 e. The summed E-state index contributed by atoms with van der Waals surface area (Å²) in [5.74, 6) is 0.330. The summed E-state index contributed by atoms with van der Waals surface area (Å²) in [6.07, 6.45) is -4.35. The Hall–Kier alpha value is -2.86. The van der Waals surface area contributed by atoms with Crippen LogP contribution >= 0.6 is 0 Å². The third-order valence-electron chi connectivity index (χ3n) is 5.54. The molecule has 0 radical (unpaired) electrons. The Balaban J connectivity index is 1.61. The second kappa shape index (κ2) is 7.52. The molecule has 4 rings (SSSR count). The summed E-state index contributed by atoms with van der Waals surface area (Å²) >= 11 is 0. The fraction of sp³-hybridized carbons (Fsp3) is 0.261. The lowest BCUT2D eigenvalue weighted by Crippen LogP contribution is -2.53. The summed E-state index contributed by atoms with van der Waals surface area (Å²) in [5, 5.41) is 8.00. The Morgan fingerprint density at radius 2 is 1.79 bits per heavy atom. The Labute approximate surface area is 166 Å². The van der Waals surface area contributed by atoms with E-state index in [1.54, 1.807) is 6.07 Å². The predicted molar refractivity (Wildman–Crippen MR) is 108 cm³/mol. The van der Waals surface area contributed by atoms with Gasteiger partial charge in [-0.05, 0) is 53.1 Å². The summed E-state index contributed by atoms with van der Waals surface area (Å²) in [6, 6.07) is 16.3. The predicted octanol–water partition coefficient (Wildman–Crippen LogP) is 4.86. The van der Waals surface area contributed by atoms with Crippen LogP contribution in [0.1, 0.15) is 22.8 Å². The molecule has 150 valence electrons. The van der Waals surface area contributed by atoms with Crippen LogP contribution in [0.25, 0.3) is 21.9 Å². The molecule has 2 N–H and O–H groups in total. The van der Waals surface area contributed by atoms with Gasteiger partial charge in [0.25, 0.3) is 5.91 Å². The number of benzene rings is 3. The maximum absolute atomic E-state index is 12.8. The Kier molecular flexibility index (Phi) is 5.04. The SMILES string of the molecule is CC(NC(=O)c1ccc2c(-c3ccc(C(F)(F)F)cc3)cccc2c1)C1CNC1. The van der Waals surface area contributed by atoms with Crippen LogP contribution in [0.2, 0.25) is 0 Å². The van der Waals surface area contributed by atoms with Gasteiger partial charge in [0, 0.05) is 30.6 Å². The van der Waals surface area contributed by atoms with Crippen LogP contribution in [0.5, 0.6) is 0 Å². The molecule has 1 fully saturated rings. The van der Waals surface area contributed by atoms with Gasteiger partial charge in [-0.2, -0.15) is 13.2 Å². The second-order valence-corrected chi connectivity index (χ2v) is 7.50. The van der Waals surface area contributed by atoms with Gasteiger partial charge in [0.1, 0.15) is 0 Å². The number of halogens is 3. The average Bonchev–Trinajstić information content (AvgIpc) is 2.65. The molecule has 1 atom stereocenters. The smallest absolute Gasteiger partial charge is 0.349 e. The number of nitrogens with one attached hydrogen (secondary N) is 2. The highest BCUT2D eigenvalue weighted by Crippen LogP contribution is 2.33. The fourth-order valence-corrected chi connectivity index (χ4v) is 3.59. The van der Waals surface area contributed by atoms with E-state index in [0.717, 1.165) is 41.6 Å². The lowest BCUT2D eigenvalue weighted by atomic mass is 9.94. The summed E-state index contributed by atoms with van der Waals surface area (Å²) in [4.78, 5) is 12.6. The van der Waals surface area contributed by atoms with E-state index in [4.69, 9.17) is 0 Å². The van der Waals surface area contributed by atoms with Crippen LogP contribution in [0.4, 0.5) is 13.2 Å². The third kappa shape index (κ3) is 3.98. The molecule has 1 saturated heterocycles. The van der Waals surface area contributed by atoms with E-state index < -0.39 is 11.7 Å². The van der Waals surface area contributed by atoms with Gasteiger partial charge in [-0.25, -0.2) is 0 Å². The van der Waals surface area contributed by atoms with Crippen molar-refractivity contribution in [1.29, 1.82) is 0 Å². The van der Waals surface area contributed by atoms with Crippen molar-refractivity contribution in [2.75, 3.05) is 13.1 Å². The van der Waals surface area contributed by atoms with Crippen LogP contribution in [0.3, 0.4) is 0 Å². The zero-order valence-electron chi connectivity index (χ0n) is 15.9. The lowest BCUT2D eigenvalue weighted by molar-refractivity contribution is -0.137. The highest BCUT2D eigenvalue weighted by molar-refractivity contribution is 6.02. The maximum atomic E-state index is 12.8. The van der Waals surface area contributed by atoms with Crippen molar-refractivity contribution in [1.82, 2.24) is 10.6 Å². The topological polar surface area (TPSA) is 41.1 Å². The van der Waals surface area contributed by atoms with E-state index in [9.17, 15) is 18.0 Å². The van der Waals surface area contributed by atoms with Crippen LogP contribution in [0, 0.1) is 5.92 Å². The molecular formula is C23H21F3N2O. The molecule has 1 aliphatic heterocycles. The van der Waals surface area contributed by atoms with E-state index in [2.05, 4.69) is 10.6 Å². The van der Waals surface area contributed by atoms with Crippen LogP contribution in [0.15, 0.2) is 60.7 Å². The van der Waals surface area contributed by atoms with Gasteiger partial charge < -0.3 is 10.6 Å². The summed E-state index contributed by atoms with van der Waals surface area (Å²) in [5.41, 5.74) is 1.43. The number of hydrogen-bond donors (Lipinski definition) is 2. The number of hydrogen-bond acceptors (Lipinski definition) is 2. The first-order valence-electron chi connectivity index (χ1n) is 9.55. The van der Waals surface area contributed by atoms with Crippen molar-refractivity contribution < 1.29 is 18.0 Å². The Morgan fingerprint density at radius 3 is 2.41 bits per heavy atom. The fourth-order valence-electron chi connectivity index (χ4n) is 3.59. The van der Waals surface area contributed by atoms with Crippen LogP contribution in [-0.4, -0.2) is 25.0 Å². The zero-order valence-corrected chi connectivity index (χ0v) is 15.9. The molecule has 0 bridgehead atoms. The van der Waals surface area contributed by atoms with E-state index in [1.807, 2.05) is 37.3 Å². The van der Waals surface area contributed by atoms with Crippen molar-refractivity contribution in [3.63, 3.8) is 0 Å². The molecular weight excluding hydrogens is 377 g/mol. The molecule has 0 aromatic heterocycles. The minimum atomic E-state index is -4.35. The van der Waals surface area contributed by atoms with Crippen LogP contribution < -0.4 is 10.6 Å². The first-order valence-corrected chi connectivity index (χ1v) is 9.55. The largest absolute Gasteiger partial charge is 0.416 e. The molecule has 1 amide bonds. The number of amides is 1. The van der Waals surface area contributed by atoms with Gasteiger partial charge in [-0.15, -0.1) is 0 Å². The van der Waals surface area contributed by atoms with Gasteiger partial charge >= 0.3 is 6.18 Å². The number of carbonyl (C=O) groups is 1. The molecule has 1 aliphatic rings. The number of fused-ring (bicyclic) bond motifs is 1. The van der Waals surface area contributed by atoms with E-state index in [0.29, 0.717) is 17.0 Å². The standard InChI is InChI=1S/C23H21F3N2O/c1-14(18-12-27-13-18)28-22(29)17-7-10-21-16(11-17)3-2-4-20(21)15-5-8-19(9-6-15)23(24,25)26/h2-11,14,18,27H,12-13H2,1H3,(H,28,29). The van der Waals surface area contributed by atoms with E-state index in [-0.39, 0.29) is 11.9 Å². The second-order valence-electron chi connectivity index (χ2n) is 7.50. The molecule has 1 unspecified atom stereocenters. The third-order valence-corrected chi connectivity index (χ3v) is 5.54. The molecule has 0 spiro atoms. The molecule has 1 heterocycles. The summed E-state index contributed by atoms with van der Waals surface area (Å²) < 4.78 is 38.5. The van der Waals surface area contributed by atoms with Gasteiger partial charge in [0.05, 0.1) is 5.56 Å². The summed E-state index contributed by atoms with van der Waals surface area (Å²) in [6.45, 7) is 3.83. The minimum absolute atomic E-state index is 0.0953. The van der Waals surface area contributed by atoms with E-state index in [1.165, 1.54) is 12.1 Å². The Bertz CT molecular complexity index is 1040. The zero-order chi connectivity index (χ0) is 20.6. The minimum Gasteiger partial charge on any atom is -0.349 e. The van der Waals surface area contributed by atoms with Crippen molar-refractivity contribution in [2.45, 2.75) is 19.1 Å². The molecule has 3 aromatic rings. The van der Waals surface area contributed by atoms with Gasteiger partial charge in [-0.1, -0.05) is 36.4 Å². The molecule has 0 aliphatic carbocycles. The highest BCUT2D eigenvalue weighted by Gasteiger charge is 2.30. The average molecular weight is 398 g/mol. The molecule has 29 heavy (non-hydrogen) atoms. The van der Waals surface area contributed by atoms with E-state index >= 15 is 0 Å². The lowest BCUT2D eigenvalue weighted by Gasteiger charge is -2.33. The van der Waals surface area contributed by atoms with Crippen molar-refractivity contribution in [3.05, 3.63) is 71.8 Å². The molecule has 3 aromatic carbocycles. The van der Waals surface area contributed by atoms with Crippen LogP contribution in [-0.2, 0) is 6.18 Å². The van der Waals surface area contributed by atoms with Gasteiger partial charge in [0.2, 0.25) is 0 Å². The van der Waals surface area contributed by atoms with Crippen molar-refractivity contribution in [2.24, 2.45) is 5.92 Å². The molecule has 3 nitrogen and oxygen atoms in total.